The van der Waals surface area contributed by atoms with E-state index in [1.807, 2.05) is 18.2 Å². The molecule has 0 unspecified atom stereocenters. The van der Waals surface area contributed by atoms with Gasteiger partial charge in [0.25, 0.3) is 0 Å². The number of rotatable bonds is 4. The molecule has 1 aliphatic rings. The normalized spacial score (nSPS) is 14.9. The summed E-state index contributed by atoms with van der Waals surface area (Å²) in [4.78, 5) is 19.4. The van der Waals surface area contributed by atoms with E-state index in [4.69, 9.17) is 0 Å². The molecule has 2 N–H and O–H groups in total. The first-order valence-electron chi connectivity index (χ1n) is 6.51. The Balaban J connectivity index is 1.76. The van der Waals surface area contributed by atoms with Gasteiger partial charge in [-0.3, -0.25) is 4.79 Å². The maximum atomic E-state index is 11.7. The quantitative estimate of drug-likeness (QED) is 0.862. The van der Waals surface area contributed by atoms with Crippen molar-refractivity contribution in [3.05, 3.63) is 29.6 Å². The molecule has 0 aliphatic heterocycles. The molecule has 0 radical (unpaired) electrons. The lowest BCUT2D eigenvalue weighted by Crippen LogP contribution is -2.26. The van der Waals surface area contributed by atoms with Crippen LogP contribution in [0.15, 0.2) is 18.2 Å². The molecule has 94 valence electrons. The molecule has 1 aromatic carbocycles. The van der Waals surface area contributed by atoms with Gasteiger partial charge in [-0.05, 0) is 30.5 Å². The minimum Gasteiger partial charge on any atom is -0.353 e. The van der Waals surface area contributed by atoms with Gasteiger partial charge in [0.1, 0.15) is 5.82 Å². The third-order valence-electron chi connectivity index (χ3n) is 3.24. The van der Waals surface area contributed by atoms with Crippen LogP contribution in [0.1, 0.15) is 31.2 Å². The van der Waals surface area contributed by atoms with Gasteiger partial charge in [-0.25, -0.2) is 4.98 Å². The van der Waals surface area contributed by atoms with Crippen LogP contribution in [0.3, 0.4) is 0 Å². The summed E-state index contributed by atoms with van der Waals surface area (Å²) in [7, 11) is 0. The van der Waals surface area contributed by atoms with Crippen LogP contribution >= 0.6 is 0 Å². The zero-order valence-corrected chi connectivity index (χ0v) is 10.5. The van der Waals surface area contributed by atoms with Crippen molar-refractivity contribution in [2.45, 2.75) is 38.6 Å². The summed E-state index contributed by atoms with van der Waals surface area (Å²) in [5.41, 5.74) is 3.02. The van der Waals surface area contributed by atoms with Gasteiger partial charge in [-0.15, -0.1) is 0 Å². The lowest BCUT2D eigenvalue weighted by atomic mass is 10.1. The predicted octanol–water partition coefficient (Wildman–Crippen LogP) is 1.95. The van der Waals surface area contributed by atoms with Crippen LogP contribution in [0, 0.1) is 0 Å². The van der Waals surface area contributed by atoms with Gasteiger partial charge >= 0.3 is 0 Å². The zero-order valence-electron chi connectivity index (χ0n) is 10.5. The standard InChI is InChI=1S/C14H17N3O/c1-2-13-16-11-6-3-9(7-12(11)17-13)8-14(18)15-10-4-5-10/h3,6-7,10H,2,4-5,8H2,1H3,(H,15,18)(H,16,17). The zero-order chi connectivity index (χ0) is 12.5. The Morgan fingerprint density at radius 3 is 3.06 bits per heavy atom. The molecular formula is C14H17N3O. The number of aromatic amines is 1. The first-order valence-corrected chi connectivity index (χ1v) is 6.51. The number of aromatic nitrogens is 2. The largest absolute Gasteiger partial charge is 0.353 e. The molecule has 0 saturated heterocycles. The van der Waals surface area contributed by atoms with Crippen molar-refractivity contribution >= 4 is 16.9 Å². The highest BCUT2D eigenvalue weighted by atomic mass is 16.1. The number of benzene rings is 1. The summed E-state index contributed by atoms with van der Waals surface area (Å²) >= 11 is 0. The molecule has 0 spiro atoms. The average Bonchev–Trinajstić information content (AvgIpc) is 3.06. The van der Waals surface area contributed by atoms with E-state index in [1.165, 1.54) is 0 Å². The maximum Gasteiger partial charge on any atom is 0.224 e. The second-order valence-corrected chi connectivity index (χ2v) is 4.91. The molecule has 1 amide bonds. The van der Waals surface area contributed by atoms with Crippen LogP contribution in [-0.2, 0) is 17.6 Å². The van der Waals surface area contributed by atoms with Gasteiger partial charge < -0.3 is 10.3 Å². The van der Waals surface area contributed by atoms with Gasteiger partial charge in [0.15, 0.2) is 0 Å². The van der Waals surface area contributed by atoms with E-state index >= 15 is 0 Å². The number of carbonyl (C=O) groups excluding carboxylic acids is 1. The third kappa shape index (κ3) is 2.37. The number of nitrogens with one attached hydrogen (secondary N) is 2. The Morgan fingerprint density at radius 2 is 2.33 bits per heavy atom. The molecule has 0 atom stereocenters. The summed E-state index contributed by atoms with van der Waals surface area (Å²) in [5.74, 6) is 1.11. The van der Waals surface area contributed by atoms with Gasteiger partial charge in [0.05, 0.1) is 17.5 Å². The van der Waals surface area contributed by atoms with Crippen LogP contribution in [0.5, 0.6) is 0 Å². The Hall–Kier alpha value is -1.84. The molecule has 3 rings (SSSR count). The number of H-pyrrole nitrogens is 1. The Bertz CT molecular complexity index is 584. The van der Waals surface area contributed by atoms with E-state index in [0.717, 1.165) is 41.7 Å². The maximum absolute atomic E-state index is 11.7. The van der Waals surface area contributed by atoms with Crippen molar-refractivity contribution in [1.82, 2.24) is 15.3 Å². The van der Waals surface area contributed by atoms with Crippen molar-refractivity contribution < 1.29 is 4.79 Å². The topological polar surface area (TPSA) is 57.8 Å². The number of hydrogen-bond donors (Lipinski definition) is 2. The average molecular weight is 243 g/mol. The Morgan fingerprint density at radius 1 is 1.50 bits per heavy atom. The number of amides is 1. The highest BCUT2D eigenvalue weighted by Gasteiger charge is 2.23. The van der Waals surface area contributed by atoms with E-state index < -0.39 is 0 Å². The second-order valence-electron chi connectivity index (χ2n) is 4.91. The highest BCUT2D eigenvalue weighted by Crippen LogP contribution is 2.19. The molecule has 4 nitrogen and oxygen atoms in total. The van der Waals surface area contributed by atoms with E-state index in [0.29, 0.717) is 12.5 Å². The van der Waals surface area contributed by atoms with Gasteiger partial charge in [-0.1, -0.05) is 13.0 Å². The molecule has 18 heavy (non-hydrogen) atoms. The fourth-order valence-corrected chi connectivity index (χ4v) is 2.08. The molecule has 1 aromatic heterocycles. The van der Waals surface area contributed by atoms with Crippen molar-refractivity contribution in [2.24, 2.45) is 0 Å². The van der Waals surface area contributed by atoms with Gasteiger partial charge in [0.2, 0.25) is 5.91 Å². The van der Waals surface area contributed by atoms with Crippen LogP contribution in [0.25, 0.3) is 11.0 Å². The number of fused-ring (bicyclic) bond motifs is 1. The van der Waals surface area contributed by atoms with Crippen LogP contribution in [-0.4, -0.2) is 21.9 Å². The highest BCUT2D eigenvalue weighted by molar-refractivity contribution is 5.82. The smallest absolute Gasteiger partial charge is 0.224 e. The summed E-state index contributed by atoms with van der Waals surface area (Å²) in [5, 5.41) is 3.00. The van der Waals surface area contributed by atoms with Gasteiger partial charge in [0, 0.05) is 12.5 Å². The van der Waals surface area contributed by atoms with Crippen LogP contribution in [0.4, 0.5) is 0 Å². The predicted molar refractivity (Wildman–Crippen MR) is 70.3 cm³/mol. The Labute approximate surface area is 106 Å². The molecule has 1 heterocycles. The SMILES string of the molecule is CCc1nc2ccc(CC(=O)NC3CC3)cc2[nH]1. The molecule has 2 aromatic rings. The summed E-state index contributed by atoms with van der Waals surface area (Å²) in [6.07, 6.45) is 3.61. The van der Waals surface area contributed by atoms with Crippen LogP contribution < -0.4 is 5.32 Å². The lowest BCUT2D eigenvalue weighted by Gasteiger charge is -2.03. The minimum atomic E-state index is 0.118. The van der Waals surface area contributed by atoms with E-state index in [-0.39, 0.29) is 5.91 Å². The van der Waals surface area contributed by atoms with E-state index in [9.17, 15) is 4.79 Å². The first-order chi connectivity index (χ1) is 8.74. The molecular weight excluding hydrogens is 226 g/mol. The molecule has 0 bridgehead atoms. The number of aryl methyl sites for hydroxylation is 1. The third-order valence-corrected chi connectivity index (χ3v) is 3.24. The number of carbonyl (C=O) groups is 1. The van der Waals surface area contributed by atoms with Gasteiger partial charge in [-0.2, -0.15) is 0 Å². The Kier molecular flexibility index (Phi) is 2.78. The molecule has 1 aliphatic carbocycles. The first kappa shape index (κ1) is 11.3. The molecule has 4 heteroatoms. The molecule has 1 fully saturated rings. The van der Waals surface area contributed by atoms with Crippen molar-refractivity contribution in [1.29, 1.82) is 0 Å². The molecule has 1 saturated carbocycles. The number of hydrogen-bond acceptors (Lipinski definition) is 2. The summed E-state index contributed by atoms with van der Waals surface area (Å²) in [6.45, 7) is 2.07. The lowest BCUT2D eigenvalue weighted by molar-refractivity contribution is -0.120. The van der Waals surface area contributed by atoms with E-state index in [1.54, 1.807) is 0 Å². The van der Waals surface area contributed by atoms with E-state index in [2.05, 4.69) is 22.2 Å². The summed E-state index contributed by atoms with van der Waals surface area (Å²) < 4.78 is 0. The monoisotopic (exact) mass is 243 g/mol. The minimum absolute atomic E-state index is 0.118. The van der Waals surface area contributed by atoms with Crippen LogP contribution in [0.2, 0.25) is 0 Å². The van der Waals surface area contributed by atoms with Crippen molar-refractivity contribution in [3.8, 4) is 0 Å². The summed E-state index contributed by atoms with van der Waals surface area (Å²) in [6, 6.07) is 6.41. The van der Waals surface area contributed by atoms with Crippen molar-refractivity contribution in [2.75, 3.05) is 0 Å². The van der Waals surface area contributed by atoms with Crippen molar-refractivity contribution in [3.63, 3.8) is 0 Å². The fourth-order valence-electron chi connectivity index (χ4n) is 2.08. The number of imidazole rings is 1. The second kappa shape index (κ2) is 4.44. The number of nitrogens with zero attached hydrogens (tertiary/aromatic N) is 1. The fraction of sp³-hybridized carbons (Fsp3) is 0.429.